The molecular formula is C14H25NO. The van der Waals surface area contributed by atoms with Crippen molar-refractivity contribution < 1.29 is 4.79 Å². The molecule has 2 rings (SSSR count). The van der Waals surface area contributed by atoms with Crippen molar-refractivity contribution in [2.45, 2.75) is 40.5 Å². The molecule has 2 fully saturated rings. The van der Waals surface area contributed by atoms with E-state index in [9.17, 15) is 4.79 Å². The molecule has 2 aliphatic rings. The molecule has 0 aliphatic heterocycles. The Morgan fingerprint density at radius 3 is 2.25 bits per heavy atom. The molecule has 1 amide bonds. The van der Waals surface area contributed by atoms with E-state index in [0.717, 1.165) is 12.5 Å². The molecule has 16 heavy (non-hydrogen) atoms. The summed E-state index contributed by atoms with van der Waals surface area (Å²) < 4.78 is 0. The van der Waals surface area contributed by atoms with Crippen LogP contribution in [-0.2, 0) is 4.79 Å². The summed E-state index contributed by atoms with van der Waals surface area (Å²) in [5.74, 6) is 0.825. The zero-order chi connectivity index (χ0) is 12.6. The third-order valence-corrected chi connectivity index (χ3v) is 4.31. The highest BCUT2D eigenvalue weighted by Crippen LogP contribution is 2.88. The van der Waals surface area contributed by atoms with E-state index in [-0.39, 0.29) is 5.91 Å². The lowest BCUT2D eigenvalue weighted by atomic mass is 10.0. The van der Waals surface area contributed by atoms with Crippen LogP contribution >= 0.6 is 0 Å². The lowest BCUT2D eigenvalue weighted by Crippen LogP contribution is -2.28. The van der Waals surface area contributed by atoms with Gasteiger partial charge in [-0.15, -0.1) is 0 Å². The smallest absolute Gasteiger partial charge is 0.245 e. The first-order valence-electron chi connectivity index (χ1n) is 6.35. The Kier molecular flexibility index (Phi) is 3.51. The molecule has 0 aromatic rings. The highest BCUT2D eigenvalue weighted by molar-refractivity contribution is 5.86. The van der Waals surface area contributed by atoms with Gasteiger partial charge in [0.15, 0.2) is 0 Å². The van der Waals surface area contributed by atoms with Crippen LogP contribution in [0, 0.1) is 16.7 Å². The Morgan fingerprint density at radius 2 is 1.94 bits per heavy atom. The third-order valence-electron chi connectivity index (χ3n) is 4.31. The largest absolute Gasteiger partial charge is 0.342 e. The highest BCUT2D eigenvalue weighted by Gasteiger charge is 2.83. The first-order chi connectivity index (χ1) is 7.47. The monoisotopic (exact) mass is 223 g/mol. The van der Waals surface area contributed by atoms with Crippen LogP contribution in [0.25, 0.3) is 0 Å². The number of fused-ring (bicyclic) bond motifs is 1. The van der Waals surface area contributed by atoms with Gasteiger partial charge in [-0.05, 0) is 35.7 Å². The topological polar surface area (TPSA) is 20.3 Å². The molecule has 2 saturated carbocycles. The number of amides is 1. The van der Waals surface area contributed by atoms with Crippen LogP contribution in [0.3, 0.4) is 0 Å². The molecule has 0 radical (unpaired) electrons. The van der Waals surface area contributed by atoms with Gasteiger partial charge >= 0.3 is 0 Å². The van der Waals surface area contributed by atoms with Crippen LogP contribution in [0.15, 0.2) is 12.7 Å². The average molecular weight is 223 g/mol. The van der Waals surface area contributed by atoms with E-state index in [1.165, 1.54) is 18.9 Å². The van der Waals surface area contributed by atoms with Gasteiger partial charge < -0.3 is 4.90 Å². The summed E-state index contributed by atoms with van der Waals surface area (Å²) in [5.41, 5.74) is 1.09. The van der Waals surface area contributed by atoms with E-state index in [4.69, 9.17) is 0 Å². The van der Waals surface area contributed by atoms with Gasteiger partial charge in [0, 0.05) is 13.6 Å². The van der Waals surface area contributed by atoms with Crippen LogP contribution in [0.5, 0.6) is 0 Å². The molecule has 92 valence electrons. The lowest BCUT2D eigenvalue weighted by molar-refractivity contribution is -0.125. The van der Waals surface area contributed by atoms with Crippen LogP contribution in [0.4, 0.5) is 0 Å². The van der Waals surface area contributed by atoms with E-state index < -0.39 is 0 Å². The fraction of sp³-hybridized carbons (Fsp3) is 0.786. The first-order valence-corrected chi connectivity index (χ1v) is 6.35. The van der Waals surface area contributed by atoms with Crippen LogP contribution in [0.2, 0.25) is 0 Å². The van der Waals surface area contributed by atoms with Gasteiger partial charge in [0.1, 0.15) is 0 Å². The standard InChI is InChI=1S/C12H19NO.C2H6/c1-5-10(14)13(4)8-11-6-12(11,7-11)9(2)3;1-2/h5,9H,1,6-8H2,2-4H3;1-2H3. The molecule has 0 aromatic heterocycles. The molecule has 0 bridgehead atoms. The Bertz CT molecular complexity index is 287. The van der Waals surface area contributed by atoms with Crippen molar-refractivity contribution in [2.75, 3.05) is 13.6 Å². The van der Waals surface area contributed by atoms with E-state index in [0.29, 0.717) is 10.8 Å². The normalized spacial score (nSPS) is 33.4. The fourth-order valence-corrected chi connectivity index (χ4v) is 3.05. The Morgan fingerprint density at radius 1 is 1.44 bits per heavy atom. The molecule has 0 heterocycles. The molecule has 2 heteroatoms. The predicted molar refractivity (Wildman–Crippen MR) is 68.1 cm³/mol. The zero-order valence-electron chi connectivity index (χ0n) is 11.3. The summed E-state index contributed by atoms with van der Waals surface area (Å²) in [5, 5.41) is 0. The maximum Gasteiger partial charge on any atom is 0.245 e. The van der Waals surface area contributed by atoms with Crippen molar-refractivity contribution in [2.24, 2.45) is 16.7 Å². The molecule has 0 aromatic carbocycles. The zero-order valence-corrected chi connectivity index (χ0v) is 11.3. The third kappa shape index (κ3) is 1.79. The quantitative estimate of drug-likeness (QED) is 0.671. The van der Waals surface area contributed by atoms with Crippen LogP contribution in [-0.4, -0.2) is 24.4 Å². The second-order valence-corrected chi connectivity index (χ2v) is 5.34. The van der Waals surface area contributed by atoms with E-state index >= 15 is 0 Å². The van der Waals surface area contributed by atoms with E-state index in [1.54, 1.807) is 0 Å². The van der Waals surface area contributed by atoms with Crippen LogP contribution < -0.4 is 0 Å². The summed E-state index contributed by atoms with van der Waals surface area (Å²) in [6.07, 6.45) is 4.05. The highest BCUT2D eigenvalue weighted by atomic mass is 16.2. The van der Waals surface area contributed by atoms with Crippen molar-refractivity contribution in [3.8, 4) is 0 Å². The van der Waals surface area contributed by atoms with Crippen LogP contribution in [0.1, 0.15) is 40.5 Å². The van der Waals surface area contributed by atoms with Gasteiger partial charge in [-0.3, -0.25) is 4.79 Å². The first kappa shape index (κ1) is 13.3. The summed E-state index contributed by atoms with van der Waals surface area (Å²) in [4.78, 5) is 13.1. The molecule has 0 atom stereocenters. The molecule has 0 unspecified atom stereocenters. The summed E-state index contributed by atoms with van der Waals surface area (Å²) in [6, 6.07) is 0. The number of carbonyl (C=O) groups excluding carboxylic acids is 1. The minimum atomic E-state index is 0.0517. The number of carbonyl (C=O) groups is 1. The minimum Gasteiger partial charge on any atom is -0.342 e. The SMILES string of the molecule is C=CC(=O)N(C)CC12CC1(C(C)C)C2.CC. The van der Waals surface area contributed by atoms with Gasteiger partial charge in [0.2, 0.25) is 5.91 Å². The Hall–Kier alpha value is -0.790. The maximum absolute atomic E-state index is 11.3. The molecule has 2 nitrogen and oxygen atoms in total. The summed E-state index contributed by atoms with van der Waals surface area (Å²) in [6.45, 7) is 13.0. The second-order valence-electron chi connectivity index (χ2n) is 5.34. The summed E-state index contributed by atoms with van der Waals surface area (Å²) >= 11 is 0. The minimum absolute atomic E-state index is 0.0517. The fourth-order valence-electron chi connectivity index (χ4n) is 3.05. The van der Waals surface area contributed by atoms with E-state index in [1.807, 2.05) is 25.8 Å². The molecule has 0 N–H and O–H groups in total. The second kappa shape index (κ2) is 4.23. The number of hydrogen-bond acceptors (Lipinski definition) is 1. The van der Waals surface area contributed by atoms with Crippen molar-refractivity contribution in [1.29, 1.82) is 0 Å². The molecule has 0 spiro atoms. The Labute approximate surface area is 99.7 Å². The maximum atomic E-state index is 11.3. The molecular weight excluding hydrogens is 198 g/mol. The predicted octanol–water partition coefficient (Wildman–Crippen LogP) is 3.09. The Balaban J connectivity index is 0.000000606. The molecule has 0 saturated heterocycles. The van der Waals surface area contributed by atoms with Gasteiger partial charge in [-0.1, -0.05) is 34.3 Å². The van der Waals surface area contributed by atoms with Gasteiger partial charge in [0.05, 0.1) is 0 Å². The number of rotatable bonds is 4. The van der Waals surface area contributed by atoms with Crippen molar-refractivity contribution in [3.63, 3.8) is 0 Å². The van der Waals surface area contributed by atoms with Gasteiger partial charge in [-0.2, -0.15) is 0 Å². The summed E-state index contributed by atoms with van der Waals surface area (Å²) in [7, 11) is 1.88. The number of hydrogen-bond donors (Lipinski definition) is 0. The van der Waals surface area contributed by atoms with Crippen molar-refractivity contribution in [1.82, 2.24) is 4.90 Å². The number of likely N-dealkylation sites (N-methyl/N-ethyl adjacent to an activating group) is 1. The van der Waals surface area contributed by atoms with Crippen molar-refractivity contribution in [3.05, 3.63) is 12.7 Å². The van der Waals surface area contributed by atoms with E-state index in [2.05, 4.69) is 20.4 Å². The van der Waals surface area contributed by atoms with Crippen molar-refractivity contribution >= 4 is 5.91 Å². The van der Waals surface area contributed by atoms with Gasteiger partial charge in [-0.25, -0.2) is 0 Å². The van der Waals surface area contributed by atoms with Gasteiger partial charge in [0.25, 0.3) is 0 Å². The average Bonchev–Trinajstić information content (AvgIpc) is 3.06. The number of nitrogens with zero attached hydrogens (tertiary/aromatic N) is 1. The lowest BCUT2D eigenvalue weighted by Gasteiger charge is -2.16. The molecule has 2 aliphatic carbocycles.